The number of hydrazone groups is 1. The molecule has 0 saturated heterocycles. The molecular formula is C11H12ClN5O. The number of hydrogen-bond donors (Lipinski definition) is 3. The molecule has 1 aromatic carbocycles. The van der Waals surface area contributed by atoms with Crippen LogP contribution in [0.15, 0.2) is 34.4 Å². The SMILES string of the molecule is CC1N=C(NNC=O)NN=C1c1ccc(Cl)cc1. The second-order valence-electron chi connectivity index (χ2n) is 3.66. The first-order valence-electron chi connectivity index (χ1n) is 5.33. The zero-order chi connectivity index (χ0) is 13.0. The molecule has 7 heteroatoms. The minimum atomic E-state index is -0.122. The van der Waals surface area contributed by atoms with Crippen LogP contribution in [0.25, 0.3) is 0 Å². The number of rotatable bonds is 3. The molecule has 1 aliphatic heterocycles. The van der Waals surface area contributed by atoms with Crippen molar-refractivity contribution < 1.29 is 4.79 Å². The van der Waals surface area contributed by atoms with E-state index in [9.17, 15) is 4.79 Å². The Morgan fingerprint density at radius 1 is 1.39 bits per heavy atom. The topological polar surface area (TPSA) is 77.9 Å². The van der Waals surface area contributed by atoms with Crippen LogP contribution >= 0.6 is 11.6 Å². The first-order chi connectivity index (χ1) is 8.70. The van der Waals surface area contributed by atoms with Gasteiger partial charge >= 0.3 is 0 Å². The fourth-order valence-electron chi connectivity index (χ4n) is 1.57. The van der Waals surface area contributed by atoms with Crippen molar-refractivity contribution in [1.82, 2.24) is 16.3 Å². The lowest BCUT2D eigenvalue weighted by atomic mass is 10.0. The Balaban J connectivity index is 2.11. The highest BCUT2D eigenvalue weighted by molar-refractivity contribution is 6.30. The quantitative estimate of drug-likeness (QED) is 0.554. The number of hydrazine groups is 1. The van der Waals surface area contributed by atoms with Crippen LogP contribution in [0.1, 0.15) is 12.5 Å². The van der Waals surface area contributed by atoms with E-state index >= 15 is 0 Å². The van der Waals surface area contributed by atoms with E-state index in [1.807, 2.05) is 19.1 Å². The second-order valence-corrected chi connectivity index (χ2v) is 4.09. The van der Waals surface area contributed by atoms with Crippen LogP contribution in [0.2, 0.25) is 5.02 Å². The molecule has 0 fully saturated rings. The first-order valence-corrected chi connectivity index (χ1v) is 5.71. The lowest BCUT2D eigenvalue weighted by molar-refractivity contribution is -0.110. The van der Waals surface area contributed by atoms with Gasteiger partial charge in [-0.2, -0.15) is 5.10 Å². The Labute approximate surface area is 109 Å². The van der Waals surface area contributed by atoms with E-state index in [0.29, 0.717) is 17.4 Å². The number of guanidine groups is 1. The maximum Gasteiger partial charge on any atom is 0.231 e. The molecule has 0 spiro atoms. The van der Waals surface area contributed by atoms with Crippen molar-refractivity contribution in [2.45, 2.75) is 13.0 Å². The summed E-state index contributed by atoms with van der Waals surface area (Å²) >= 11 is 5.83. The number of aliphatic imine (C=N–C) groups is 1. The molecule has 0 bridgehead atoms. The van der Waals surface area contributed by atoms with Crippen molar-refractivity contribution in [2.24, 2.45) is 10.1 Å². The summed E-state index contributed by atoms with van der Waals surface area (Å²) in [5.41, 5.74) is 9.34. The van der Waals surface area contributed by atoms with Crippen LogP contribution in [0.3, 0.4) is 0 Å². The number of halogens is 1. The van der Waals surface area contributed by atoms with Gasteiger partial charge in [0.25, 0.3) is 0 Å². The average molecular weight is 266 g/mol. The fourth-order valence-corrected chi connectivity index (χ4v) is 1.70. The Bertz CT molecular complexity index is 497. The summed E-state index contributed by atoms with van der Waals surface area (Å²) in [5.74, 6) is 0.396. The van der Waals surface area contributed by atoms with Gasteiger partial charge in [-0.05, 0) is 19.1 Å². The summed E-state index contributed by atoms with van der Waals surface area (Å²) in [7, 11) is 0. The number of nitrogens with one attached hydrogen (secondary N) is 3. The van der Waals surface area contributed by atoms with Crippen molar-refractivity contribution in [3.05, 3.63) is 34.9 Å². The standard InChI is InChI=1S/C11H12ClN5O/c1-7-10(8-2-4-9(12)5-3-8)15-17-11(14-7)16-13-6-18/h2-7H,1H3,(H,13,18)(H2,14,16,17). The normalized spacial score (nSPS) is 18.2. The van der Waals surface area contributed by atoms with Gasteiger partial charge in [0.1, 0.15) is 0 Å². The van der Waals surface area contributed by atoms with E-state index in [4.69, 9.17) is 11.6 Å². The number of carbonyl (C=O) groups is 1. The zero-order valence-electron chi connectivity index (χ0n) is 9.64. The molecule has 1 aliphatic rings. The molecule has 1 aromatic rings. The van der Waals surface area contributed by atoms with E-state index in [1.54, 1.807) is 12.1 Å². The van der Waals surface area contributed by atoms with Crippen LogP contribution in [-0.2, 0) is 4.79 Å². The van der Waals surface area contributed by atoms with Crippen molar-refractivity contribution in [3.63, 3.8) is 0 Å². The summed E-state index contributed by atoms with van der Waals surface area (Å²) in [4.78, 5) is 14.5. The zero-order valence-corrected chi connectivity index (χ0v) is 10.4. The van der Waals surface area contributed by atoms with Crippen molar-refractivity contribution in [2.75, 3.05) is 0 Å². The third-order valence-electron chi connectivity index (χ3n) is 2.39. The van der Waals surface area contributed by atoms with Gasteiger partial charge in [0.15, 0.2) is 0 Å². The van der Waals surface area contributed by atoms with Gasteiger partial charge in [0.05, 0.1) is 11.8 Å². The molecule has 6 nitrogen and oxygen atoms in total. The molecule has 18 heavy (non-hydrogen) atoms. The van der Waals surface area contributed by atoms with Gasteiger partial charge < -0.3 is 0 Å². The van der Waals surface area contributed by atoms with Gasteiger partial charge in [-0.15, -0.1) is 0 Å². The minimum absolute atomic E-state index is 0.122. The van der Waals surface area contributed by atoms with Crippen LogP contribution in [0.4, 0.5) is 0 Å². The maximum absolute atomic E-state index is 10.1. The molecule has 3 N–H and O–H groups in total. The van der Waals surface area contributed by atoms with E-state index in [1.165, 1.54) is 0 Å². The number of hydrogen-bond acceptors (Lipinski definition) is 5. The summed E-state index contributed by atoms with van der Waals surface area (Å²) in [6.45, 7) is 1.91. The molecule has 0 saturated carbocycles. The fraction of sp³-hybridized carbons (Fsp3) is 0.182. The minimum Gasteiger partial charge on any atom is -0.277 e. The second kappa shape index (κ2) is 5.50. The van der Waals surface area contributed by atoms with Gasteiger partial charge in [-0.3, -0.25) is 15.6 Å². The van der Waals surface area contributed by atoms with E-state index in [-0.39, 0.29) is 6.04 Å². The van der Waals surface area contributed by atoms with Crippen molar-refractivity contribution in [1.29, 1.82) is 0 Å². The van der Waals surface area contributed by atoms with Crippen LogP contribution in [0.5, 0.6) is 0 Å². The molecule has 94 valence electrons. The summed E-state index contributed by atoms with van der Waals surface area (Å²) < 4.78 is 0. The monoisotopic (exact) mass is 265 g/mol. The van der Waals surface area contributed by atoms with Crippen molar-refractivity contribution in [3.8, 4) is 0 Å². The molecule has 1 atom stereocenters. The summed E-state index contributed by atoms with van der Waals surface area (Å²) in [6.07, 6.45) is 0.521. The van der Waals surface area contributed by atoms with Gasteiger partial charge in [-0.1, -0.05) is 23.7 Å². The Hall–Kier alpha value is -2.08. The lowest BCUT2D eigenvalue weighted by Gasteiger charge is -2.19. The predicted octanol–water partition coefficient (Wildman–Crippen LogP) is 0.642. The van der Waals surface area contributed by atoms with E-state index < -0.39 is 0 Å². The largest absolute Gasteiger partial charge is 0.277 e. The molecular weight excluding hydrogens is 254 g/mol. The highest BCUT2D eigenvalue weighted by atomic mass is 35.5. The van der Waals surface area contributed by atoms with Gasteiger partial charge in [0, 0.05) is 10.6 Å². The molecule has 0 aliphatic carbocycles. The smallest absolute Gasteiger partial charge is 0.231 e. The summed E-state index contributed by atoms with van der Waals surface area (Å²) in [5, 5.41) is 4.90. The Morgan fingerprint density at radius 2 is 2.11 bits per heavy atom. The average Bonchev–Trinajstić information content (AvgIpc) is 2.38. The van der Waals surface area contributed by atoms with Crippen molar-refractivity contribution >= 4 is 29.7 Å². The molecule has 1 amide bonds. The third kappa shape index (κ3) is 2.78. The Kier molecular flexibility index (Phi) is 3.78. The highest BCUT2D eigenvalue weighted by Gasteiger charge is 2.17. The first kappa shape index (κ1) is 12.4. The van der Waals surface area contributed by atoms with Crippen LogP contribution in [-0.4, -0.2) is 24.1 Å². The number of carbonyl (C=O) groups excluding carboxylic acids is 1. The van der Waals surface area contributed by atoms with E-state index in [0.717, 1.165) is 11.3 Å². The third-order valence-corrected chi connectivity index (χ3v) is 2.64. The lowest BCUT2D eigenvalue weighted by Crippen LogP contribution is -2.46. The van der Waals surface area contributed by atoms with E-state index in [2.05, 4.69) is 26.4 Å². The molecule has 1 unspecified atom stereocenters. The van der Waals surface area contributed by atoms with Crippen LogP contribution < -0.4 is 16.3 Å². The van der Waals surface area contributed by atoms with Gasteiger partial charge in [-0.25, -0.2) is 10.4 Å². The maximum atomic E-state index is 10.1. The molecule has 0 radical (unpaired) electrons. The predicted molar refractivity (Wildman–Crippen MR) is 70.4 cm³/mol. The molecule has 1 heterocycles. The van der Waals surface area contributed by atoms with Gasteiger partial charge in [0.2, 0.25) is 12.4 Å². The summed E-state index contributed by atoms with van der Waals surface area (Å²) in [6, 6.07) is 7.26. The molecule has 2 rings (SSSR count). The van der Waals surface area contributed by atoms with Crippen LogP contribution in [0, 0.1) is 0 Å². The molecule has 0 aromatic heterocycles. The number of nitrogens with zero attached hydrogens (tertiary/aromatic N) is 2. The number of amides is 1. The number of benzene rings is 1. The Morgan fingerprint density at radius 3 is 2.72 bits per heavy atom. The highest BCUT2D eigenvalue weighted by Crippen LogP contribution is 2.14.